The summed E-state index contributed by atoms with van der Waals surface area (Å²) < 4.78 is 5.62. The third-order valence-corrected chi connectivity index (χ3v) is 3.52. The molecule has 1 saturated heterocycles. The molecule has 1 heterocycles. The van der Waals surface area contributed by atoms with Crippen LogP contribution in [-0.2, 0) is 4.74 Å². The second-order valence-electron chi connectivity index (χ2n) is 5.01. The normalized spacial score (nSPS) is 21.6. The average Bonchev–Trinajstić information content (AvgIpc) is 2.83. The lowest BCUT2D eigenvalue weighted by Gasteiger charge is -2.16. The molecule has 2 unspecified atom stereocenters. The number of hydrogen-bond donors (Lipinski definition) is 1. The van der Waals surface area contributed by atoms with Crippen LogP contribution in [0.5, 0.6) is 0 Å². The van der Waals surface area contributed by atoms with Crippen LogP contribution in [0.25, 0.3) is 0 Å². The van der Waals surface area contributed by atoms with Gasteiger partial charge in [0.15, 0.2) is 0 Å². The molecule has 0 saturated carbocycles. The highest BCUT2D eigenvalue weighted by Gasteiger charge is 2.15. The molecule has 94 valence electrons. The van der Waals surface area contributed by atoms with E-state index in [9.17, 15) is 0 Å². The van der Waals surface area contributed by atoms with E-state index in [-0.39, 0.29) is 0 Å². The summed E-state index contributed by atoms with van der Waals surface area (Å²) in [6.07, 6.45) is 4.10. The van der Waals surface area contributed by atoms with E-state index >= 15 is 0 Å². The maximum Gasteiger partial charge on any atom is 0.0588 e. The number of nitrogens with one attached hydrogen (secondary N) is 1. The molecule has 1 aromatic rings. The monoisotopic (exact) mass is 233 g/mol. The maximum absolute atomic E-state index is 5.62. The van der Waals surface area contributed by atoms with Gasteiger partial charge in [-0.15, -0.1) is 0 Å². The number of benzene rings is 1. The van der Waals surface area contributed by atoms with E-state index in [1.54, 1.807) is 0 Å². The predicted molar refractivity (Wildman–Crippen MR) is 71.2 cm³/mol. The van der Waals surface area contributed by atoms with Crippen molar-refractivity contribution in [3.05, 3.63) is 35.4 Å². The maximum atomic E-state index is 5.62. The van der Waals surface area contributed by atoms with E-state index in [4.69, 9.17) is 4.74 Å². The minimum Gasteiger partial charge on any atom is -0.378 e. The van der Waals surface area contributed by atoms with Crippen LogP contribution in [0.3, 0.4) is 0 Å². The van der Waals surface area contributed by atoms with Crippen LogP contribution in [0.1, 0.15) is 43.4 Å². The van der Waals surface area contributed by atoms with E-state index in [0.717, 1.165) is 19.6 Å². The van der Waals surface area contributed by atoms with Gasteiger partial charge in [-0.05, 0) is 45.2 Å². The molecule has 0 spiro atoms. The fourth-order valence-electron chi connectivity index (χ4n) is 2.31. The van der Waals surface area contributed by atoms with E-state index < -0.39 is 0 Å². The number of aryl methyl sites for hydroxylation is 1. The van der Waals surface area contributed by atoms with Gasteiger partial charge in [-0.1, -0.05) is 29.8 Å². The van der Waals surface area contributed by atoms with Crippen molar-refractivity contribution >= 4 is 0 Å². The molecule has 2 heteroatoms. The number of hydrogen-bond acceptors (Lipinski definition) is 2. The third kappa shape index (κ3) is 3.83. The molecule has 1 aliphatic rings. The Bertz CT molecular complexity index is 327. The van der Waals surface area contributed by atoms with Crippen molar-refractivity contribution in [2.45, 2.75) is 45.3 Å². The van der Waals surface area contributed by atoms with E-state index in [0.29, 0.717) is 12.1 Å². The van der Waals surface area contributed by atoms with Gasteiger partial charge in [-0.2, -0.15) is 0 Å². The first kappa shape index (κ1) is 12.6. The Morgan fingerprint density at radius 2 is 2.12 bits per heavy atom. The van der Waals surface area contributed by atoms with Crippen LogP contribution in [0.4, 0.5) is 0 Å². The van der Waals surface area contributed by atoms with Crippen molar-refractivity contribution in [1.29, 1.82) is 0 Å². The van der Waals surface area contributed by atoms with Crippen LogP contribution in [0.2, 0.25) is 0 Å². The Balaban J connectivity index is 1.72. The highest BCUT2D eigenvalue weighted by molar-refractivity contribution is 5.23. The summed E-state index contributed by atoms with van der Waals surface area (Å²) in [4.78, 5) is 0. The van der Waals surface area contributed by atoms with E-state index in [1.165, 1.54) is 24.0 Å². The summed E-state index contributed by atoms with van der Waals surface area (Å²) in [7, 11) is 0. The second kappa shape index (κ2) is 6.18. The van der Waals surface area contributed by atoms with Gasteiger partial charge in [0.1, 0.15) is 0 Å². The summed E-state index contributed by atoms with van der Waals surface area (Å²) in [5.74, 6) is 0. The van der Waals surface area contributed by atoms with Crippen molar-refractivity contribution in [1.82, 2.24) is 5.32 Å². The van der Waals surface area contributed by atoms with Crippen LogP contribution >= 0.6 is 0 Å². The van der Waals surface area contributed by atoms with Crippen molar-refractivity contribution in [2.24, 2.45) is 0 Å². The number of ether oxygens (including phenoxy) is 1. The lowest BCUT2D eigenvalue weighted by molar-refractivity contribution is 0.103. The molecule has 0 amide bonds. The van der Waals surface area contributed by atoms with Crippen molar-refractivity contribution in [3.8, 4) is 0 Å². The molecule has 1 aromatic carbocycles. The summed E-state index contributed by atoms with van der Waals surface area (Å²) in [5.41, 5.74) is 2.68. The molecular formula is C15H23NO. The third-order valence-electron chi connectivity index (χ3n) is 3.52. The fraction of sp³-hybridized carbons (Fsp3) is 0.600. The van der Waals surface area contributed by atoms with Crippen LogP contribution < -0.4 is 5.32 Å². The van der Waals surface area contributed by atoms with Gasteiger partial charge in [0.25, 0.3) is 0 Å². The zero-order chi connectivity index (χ0) is 12.1. The standard InChI is InChI=1S/C15H23NO/c1-12-5-7-14(8-6-12)13(2)16-10-9-15-4-3-11-17-15/h5-8,13,15-16H,3-4,9-11H2,1-2H3. The van der Waals surface area contributed by atoms with E-state index in [1.807, 2.05) is 0 Å². The average molecular weight is 233 g/mol. The molecule has 2 rings (SSSR count). The highest BCUT2D eigenvalue weighted by atomic mass is 16.5. The molecule has 0 bridgehead atoms. The van der Waals surface area contributed by atoms with Gasteiger partial charge in [-0.25, -0.2) is 0 Å². The molecule has 1 aliphatic heterocycles. The Kier molecular flexibility index (Phi) is 4.57. The largest absolute Gasteiger partial charge is 0.378 e. The first-order valence-electron chi connectivity index (χ1n) is 6.67. The molecule has 0 aromatic heterocycles. The quantitative estimate of drug-likeness (QED) is 0.843. The van der Waals surface area contributed by atoms with Crippen LogP contribution in [0, 0.1) is 6.92 Å². The van der Waals surface area contributed by atoms with Crippen molar-refractivity contribution in [3.63, 3.8) is 0 Å². The van der Waals surface area contributed by atoms with Gasteiger partial charge in [0.05, 0.1) is 6.10 Å². The molecule has 1 N–H and O–H groups in total. The van der Waals surface area contributed by atoms with Crippen molar-refractivity contribution < 1.29 is 4.74 Å². The lowest BCUT2D eigenvalue weighted by Crippen LogP contribution is -2.23. The molecule has 0 aliphatic carbocycles. The first-order valence-corrected chi connectivity index (χ1v) is 6.67. The minimum absolute atomic E-state index is 0.428. The smallest absolute Gasteiger partial charge is 0.0588 e. The molecule has 2 nitrogen and oxygen atoms in total. The summed E-state index contributed by atoms with van der Waals surface area (Å²) in [6.45, 7) is 6.34. The van der Waals surface area contributed by atoms with Crippen LogP contribution in [-0.4, -0.2) is 19.3 Å². The lowest BCUT2D eigenvalue weighted by atomic mass is 10.1. The summed E-state index contributed by atoms with van der Waals surface area (Å²) >= 11 is 0. The predicted octanol–water partition coefficient (Wildman–Crippen LogP) is 3.21. The molecule has 17 heavy (non-hydrogen) atoms. The SMILES string of the molecule is Cc1ccc(C(C)NCCC2CCCO2)cc1. The first-order chi connectivity index (χ1) is 8.25. The number of rotatable bonds is 5. The zero-order valence-corrected chi connectivity index (χ0v) is 10.9. The molecular weight excluding hydrogens is 210 g/mol. The molecule has 2 atom stereocenters. The zero-order valence-electron chi connectivity index (χ0n) is 10.9. The Morgan fingerprint density at radius 1 is 1.35 bits per heavy atom. The van der Waals surface area contributed by atoms with Crippen LogP contribution in [0.15, 0.2) is 24.3 Å². The topological polar surface area (TPSA) is 21.3 Å². The summed E-state index contributed by atoms with van der Waals surface area (Å²) in [5, 5.41) is 3.57. The highest BCUT2D eigenvalue weighted by Crippen LogP contribution is 2.16. The molecule has 1 fully saturated rings. The van der Waals surface area contributed by atoms with Gasteiger partial charge in [-0.3, -0.25) is 0 Å². The second-order valence-corrected chi connectivity index (χ2v) is 5.01. The van der Waals surface area contributed by atoms with Gasteiger partial charge in [0.2, 0.25) is 0 Å². The Labute approximate surface area is 104 Å². The van der Waals surface area contributed by atoms with Gasteiger partial charge < -0.3 is 10.1 Å². The minimum atomic E-state index is 0.428. The Morgan fingerprint density at radius 3 is 2.76 bits per heavy atom. The molecule has 0 radical (unpaired) electrons. The summed E-state index contributed by atoms with van der Waals surface area (Å²) in [6, 6.07) is 9.19. The Hall–Kier alpha value is -0.860. The van der Waals surface area contributed by atoms with Crippen molar-refractivity contribution in [2.75, 3.05) is 13.2 Å². The van der Waals surface area contributed by atoms with E-state index in [2.05, 4.69) is 43.4 Å². The fourth-order valence-corrected chi connectivity index (χ4v) is 2.31. The van der Waals surface area contributed by atoms with Gasteiger partial charge in [0, 0.05) is 12.6 Å². The van der Waals surface area contributed by atoms with Gasteiger partial charge >= 0.3 is 0 Å².